The van der Waals surface area contributed by atoms with Crippen LogP contribution in [0.25, 0.3) is 0 Å². The molecule has 0 radical (unpaired) electrons. The largest absolute Gasteiger partial charge is 0.496 e. The summed E-state index contributed by atoms with van der Waals surface area (Å²) in [7, 11) is 1.47. The summed E-state index contributed by atoms with van der Waals surface area (Å²) in [4.78, 5) is 35.1. The molecule has 2 N–H and O–H groups in total. The van der Waals surface area contributed by atoms with Gasteiger partial charge < -0.3 is 15.2 Å². The zero-order valence-corrected chi connectivity index (χ0v) is 14.8. The predicted octanol–water partition coefficient (Wildman–Crippen LogP) is 2.65. The van der Waals surface area contributed by atoms with Crippen LogP contribution in [0.4, 0.5) is 0 Å². The van der Waals surface area contributed by atoms with Crippen LogP contribution in [0.2, 0.25) is 0 Å². The number of amides is 1. The fourth-order valence-corrected chi connectivity index (χ4v) is 2.38. The highest BCUT2D eigenvalue weighted by Gasteiger charge is 2.23. The van der Waals surface area contributed by atoms with Crippen molar-refractivity contribution in [3.8, 4) is 5.75 Å². The molecule has 0 bridgehead atoms. The Bertz CT molecular complexity index is 600. The molecule has 1 atom stereocenters. The van der Waals surface area contributed by atoms with Crippen LogP contribution in [0, 0.1) is 5.92 Å². The van der Waals surface area contributed by atoms with Crippen LogP contribution in [-0.4, -0.2) is 35.9 Å². The van der Waals surface area contributed by atoms with Crippen LogP contribution in [-0.2, 0) is 9.59 Å². The fraction of sp³-hybridized carbons (Fsp3) is 0.438. The standard InChI is InChI=1S/C16H20BrNO5/c1-9(2)15(16(21)22)18-14(20)7-5-12(19)11-8-10(17)4-6-13(11)23-3/h4,6,8-9,15H,5,7H2,1-3H3,(H,18,20)(H,21,22)/t15-/m0/s1. The minimum Gasteiger partial charge on any atom is -0.496 e. The Kier molecular flexibility index (Phi) is 7.22. The smallest absolute Gasteiger partial charge is 0.326 e. The van der Waals surface area contributed by atoms with Crippen LogP contribution >= 0.6 is 15.9 Å². The number of Topliss-reactive ketones (excluding diaryl/α,β-unsaturated/α-hetero) is 1. The number of benzene rings is 1. The van der Waals surface area contributed by atoms with Crippen molar-refractivity contribution in [3.05, 3.63) is 28.2 Å². The zero-order chi connectivity index (χ0) is 17.6. The maximum Gasteiger partial charge on any atom is 0.326 e. The van der Waals surface area contributed by atoms with E-state index >= 15 is 0 Å². The minimum atomic E-state index is -1.09. The maximum atomic E-state index is 12.2. The summed E-state index contributed by atoms with van der Waals surface area (Å²) >= 11 is 3.29. The molecule has 1 amide bonds. The second-order valence-electron chi connectivity index (χ2n) is 5.40. The third-order valence-corrected chi connectivity index (χ3v) is 3.78. The van der Waals surface area contributed by atoms with E-state index in [9.17, 15) is 14.4 Å². The molecule has 6 nitrogen and oxygen atoms in total. The van der Waals surface area contributed by atoms with E-state index in [-0.39, 0.29) is 24.5 Å². The Balaban J connectivity index is 2.67. The number of aliphatic carboxylic acids is 1. The number of hydrogen-bond donors (Lipinski definition) is 2. The summed E-state index contributed by atoms with van der Waals surface area (Å²) < 4.78 is 5.87. The van der Waals surface area contributed by atoms with E-state index < -0.39 is 17.9 Å². The summed E-state index contributed by atoms with van der Waals surface area (Å²) in [6.07, 6.45) is -0.103. The maximum absolute atomic E-state index is 12.2. The summed E-state index contributed by atoms with van der Waals surface area (Å²) in [6, 6.07) is 4.09. The molecular formula is C16H20BrNO5. The number of rotatable bonds is 8. The molecule has 1 aromatic carbocycles. The van der Waals surface area contributed by atoms with E-state index in [0.29, 0.717) is 11.3 Å². The van der Waals surface area contributed by atoms with Crippen LogP contribution < -0.4 is 10.1 Å². The average Bonchev–Trinajstić information content (AvgIpc) is 2.49. The van der Waals surface area contributed by atoms with Gasteiger partial charge in [0, 0.05) is 17.3 Å². The van der Waals surface area contributed by atoms with Crippen molar-refractivity contribution in [2.45, 2.75) is 32.7 Å². The van der Waals surface area contributed by atoms with Gasteiger partial charge >= 0.3 is 5.97 Å². The van der Waals surface area contributed by atoms with Gasteiger partial charge in [0.15, 0.2) is 5.78 Å². The Labute approximate surface area is 143 Å². The molecule has 0 aliphatic carbocycles. The quantitative estimate of drug-likeness (QED) is 0.670. The number of ketones is 1. The van der Waals surface area contributed by atoms with Gasteiger partial charge in [0.1, 0.15) is 11.8 Å². The van der Waals surface area contributed by atoms with Crippen LogP contribution in [0.15, 0.2) is 22.7 Å². The molecule has 0 fully saturated rings. The molecule has 0 spiro atoms. The van der Waals surface area contributed by atoms with Crippen molar-refractivity contribution >= 4 is 33.6 Å². The highest BCUT2D eigenvalue weighted by molar-refractivity contribution is 9.10. The van der Waals surface area contributed by atoms with Gasteiger partial charge in [0.05, 0.1) is 12.7 Å². The summed E-state index contributed by atoms with van der Waals surface area (Å²) in [5.41, 5.74) is 0.383. The number of carboxylic acid groups (broad SMARTS) is 1. The number of halogens is 1. The molecule has 1 rings (SSSR count). The van der Waals surface area contributed by atoms with E-state index in [1.165, 1.54) is 7.11 Å². The lowest BCUT2D eigenvalue weighted by molar-refractivity contribution is -0.143. The van der Waals surface area contributed by atoms with Crippen LogP contribution in [0.5, 0.6) is 5.75 Å². The second kappa shape index (κ2) is 8.67. The van der Waals surface area contributed by atoms with Crippen molar-refractivity contribution in [1.29, 1.82) is 0 Å². The number of carbonyl (C=O) groups is 3. The zero-order valence-electron chi connectivity index (χ0n) is 13.3. The van der Waals surface area contributed by atoms with Crippen molar-refractivity contribution in [2.75, 3.05) is 7.11 Å². The number of carboxylic acids is 1. The van der Waals surface area contributed by atoms with Crippen LogP contribution in [0.3, 0.4) is 0 Å². The monoisotopic (exact) mass is 385 g/mol. The van der Waals surface area contributed by atoms with E-state index in [4.69, 9.17) is 9.84 Å². The first-order valence-corrected chi connectivity index (χ1v) is 7.94. The first kappa shape index (κ1) is 19.2. The Morgan fingerprint density at radius 1 is 1.26 bits per heavy atom. The van der Waals surface area contributed by atoms with Crippen molar-refractivity contribution < 1.29 is 24.2 Å². The normalized spacial score (nSPS) is 11.9. The Morgan fingerprint density at radius 2 is 1.91 bits per heavy atom. The molecule has 0 saturated carbocycles. The summed E-state index contributed by atoms with van der Waals surface area (Å²) in [5.74, 6) is -1.60. The average molecular weight is 386 g/mol. The SMILES string of the molecule is COc1ccc(Br)cc1C(=O)CCC(=O)N[C@H](C(=O)O)C(C)C. The number of nitrogens with one attached hydrogen (secondary N) is 1. The third kappa shape index (κ3) is 5.67. The molecule has 126 valence electrons. The van der Waals surface area contributed by atoms with Crippen molar-refractivity contribution in [1.82, 2.24) is 5.32 Å². The van der Waals surface area contributed by atoms with E-state index in [2.05, 4.69) is 21.2 Å². The molecule has 0 aliphatic heterocycles. The Morgan fingerprint density at radius 3 is 2.43 bits per heavy atom. The van der Waals surface area contributed by atoms with Gasteiger partial charge in [-0.15, -0.1) is 0 Å². The molecule has 1 aromatic rings. The van der Waals surface area contributed by atoms with E-state index in [1.807, 2.05) is 0 Å². The lowest BCUT2D eigenvalue weighted by atomic mass is 10.0. The number of hydrogen-bond acceptors (Lipinski definition) is 4. The number of ether oxygens (including phenoxy) is 1. The topological polar surface area (TPSA) is 92.7 Å². The molecule has 23 heavy (non-hydrogen) atoms. The lowest BCUT2D eigenvalue weighted by Gasteiger charge is -2.17. The van der Waals surface area contributed by atoms with E-state index in [0.717, 1.165) is 4.47 Å². The third-order valence-electron chi connectivity index (χ3n) is 3.29. The second-order valence-corrected chi connectivity index (χ2v) is 6.31. The molecule has 0 aromatic heterocycles. The summed E-state index contributed by atoms with van der Waals surface area (Å²) in [5, 5.41) is 11.5. The fourth-order valence-electron chi connectivity index (χ4n) is 2.02. The lowest BCUT2D eigenvalue weighted by Crippen LogP contribution is -2.44. The first-order valence-electron chi connectivity index (χ1n) is 7.15. The number of carbonyl (C=O) groups excluding carboxylic acids is 2. The van der Waals surface area contributed by atoms with Crippen molar-refractivity contribution in [2.24, 2.45) is 5.92 Å². The molecule has 0 aliphatic rings. The van der Waals surface area contributed by atoms with Gasteiger partial charge in [0.2, 0.25) is 5.91 Å². The minimum absolute atomic E-state index is 0.0247. The van der Waals surface area contributed by atoms with Gasteiger partial charge in [0.25, 0.3) is 0 Å². The van der Waals surface area contributed by atoms with Gasteiger partial charge in [-0.3, -0.25) is 9.59 Å². The molecule has 7 heteroatoms. The van der Waals surface area contributed by atoms with Gasteiger partial charge in [-0.05, 0) is 24.1 Å². The van der Waals surface area contributed by atoms with Gasteiger partial charge in [-0.2, -0.15) is 0 Å². The highest BCUT2D eigenvalue weighted by atomic mass is 79.9. The predicted molar refractivity (Wildman–Crippen MR) is 88.7 cm³/mol. The molecule has 0 heterocycles. The first-order chi connectivity index (χ1) is 10.8. The number of methoxy groups -OCH3 is 1. The van der Waals surface area contributed by atoms with E-state index in [1.54, 1.807) is 32.0 Å². The Hall–Kier alpha value is -1.89. The summed E-state index contributed by atoms with van der Waals surface area (Å²) in [6.45, 7) is 3.41. The van der Waals surface area contributed by atoms with Crippen molar-refractivity contribution in [3.63, 3.8) is 0 Å². The van der Waals surface area contributed by atoms with Gasteiger partial charge in [-0.25, -0.2) is 4.79 Å². The molecule has 0 saturated heterocycles. The van der Waals surface area contributed by atoms with Crippen LogP contribution in [0.1, 0.15) is 37.0 Å². The van der Waals surface area contributed by atoms with Gasteiger partial charge in [-0.1, -0.05) is 29.8 Å². The highest BCUT2D eigenvalue weighted by Crippen LogP contribution is 2.24. The molecule has 0 unspecified atom stereocenters. The molecular weight excluding hydrogens is 366 g/mol.